The quantitative estimate of drug-likeness (QED) is 0.413. The van der Waals surface area contributed by atoms with E-state index in [-0.39, 0.29) is 80.8 Å². The van der Waals surface area contributed by atoms with Gasteiger partial charge in [0.1, 0.15) is 0 Å². The van der Waals surface area contributed by atoms with E-state index >= 15 is 0 Å². The second-order valence-corrected chi connectivity index (χ2v) is 7.68. The topological polar surface area (TPSA) is 26.3 Å². The molecule has 0 heterocycles. The SMILES string of the molecule is CC1CCC(C(=O)Oc2ccc(C3CC[CH-]CC3)c(Cl)c2F)CC1.[Rb+]. The molecule has 0 bridgehead atoms. The molecule has 0 N–H and O–H groups in total. The Bertz CT molecular complexity index is 594. The van der Waals surface area contributed by atoms with E-state index in [9.17, 15) is 9.18 Å². The maximum atomic E-state index is 14.6. The fraction of sp³-hybridized carbons (Fsp3) is 0.600. The van der Waals surface area contributed by atoms with Crippen molar-refractivity contribution in [3.8, 4) is 5.75 Å². The minimum atomic E-state index is -0.596. The van der Waals surface area contributed by atoms with Gasteiger partial charge in [-0.2, -0.15) is 12.8 Å². The molecule has 0 unspecified atom stereocenters. The van der Waals surface area contributed by atoms with Crippen LogP contribution in [0.2, 0.25) is 5.02 Å². The van der Waals surface area contributed by atoms with Crippen molar-refractivity contribution in [1.29, 1.82) is 0 Å². The molecule has 2 aliphatic rings. The normalized spacial score (nSPS) is 24.4. The number of hydrogen-bond acceptors (Lipinski definition) is 2. The number of carbonyl (C=O) groups excluding carboxylic acids is 1. The van der Waals surface area contributed by atoms with E-state index in [4.69, 9.17) is 16.3 Å². The monoisotopic (exact) mass is 436 g/mol. The molecule has 2 fully saturated rings. The van der Waals surface area contributed by atoms with Crippen molar-refractivity contribution in [1.82, 2.24) is 0 Å². The molecular weight excluding hydrogens is 412 g/mol. The van der Waals surface area contributed by atoms with Gasteiger partial charge in [-0.3, -0.25) is 4.79 Å². The Kier molecular flexibility index (Phi) is 9.08. The first-order valence-corrected chi connectivity index (χ1v) is 9.45. The minimum absolute atomic E-state index is 0. The van der Waals surface area contributed by atoms with Crippen molar-refractivity contribution < 1.29 is 72.1 Å². The van der Waals surface area contributed by atoms with E-state index < -0.39 is 5.82 Å². The number of rotatable bonds is 3. The second kappa shape index (κ2) is 10.3. The summed E-state index contributed by atoms with van der Waals surface area (Å²) in [6.45, 7) is 2.20. The second-order valence-electron chi connectivity index (χ2n) is 7.30. The summed E-state index contributed by atoms with van der Waals surface area (Å²) in [4.78, 5) is 12.3. The molecule has 5 heteroatoms. The van der Waals surface area contributed by atoms with Crippen molar-refractivity contribution in [2.75, 3.05) is 0 Å². The van der Waals surface area contributed by atoms with E-state index in [1.807, 2.05) is 6.07 Å². The van der Waals surface area contributed by atoms with Crippen LogP contribution in [0.5, 0.6) is 5.75 Å². The van der Waals surface area contributed by atoms with Gasteiger partial charge < -0.3 is 11.2 Å². The molecule has 132 valence electrons. The van der Waals surface area contributed by atoms with E-state index in [1.54, 1.807) is 6.07 Å². The molecule has 25 heavy (non-hydrogen) atoms. The molecule has 2 saturated carbocycles. The molecule has 0 saturated heterocycles. The summed E-state index contributed by atoms with van der Waals surface area (Å²) in [5, 5.41) is 0.115. The zero-order valence-corrected chi connectivity index (χ0v) is 20.9. The number of esters is 1. The molecular formula is C20H25ClFO2Rb. The molecule has 0 aliphatic heterocycles. The van der Waals surface area contributed by atoms with Crippen LogP contribution in [-0.4, -0.2) is 5.97 Å². The summed E-state index contributed by atoms with van der Waals surface area (Å²) in [5.74, 6) is -0.116. The van der Waals surface area contributed by atoms with Crippen LogP contribution in [0.25, 0.3) is 0 Å². The van der Waals surface area contributed by atoms with Crippen LogP contribution in [0.4, 0.5) is 4.39 Å². The fourth-order valence-electron chi connectivity index (χ4n) is 3.87. The molecule has 1 aromatic carbocycles. The molecule has 0 spiro atoms. The third kappa shape index (κ3) is 5.60. The largest absolute Gasteiger partial charge is 1.00 e. The van der Waals surface area contributed by atoms with Gasteiger partial charge >= 0.3 is 64.2 Å². The van der Waals surface area contributed by atoms with Gasteiger partial charge in [-0.25, -0.2) is 4.39 Å². The van der Waals surface area contributed by atoms with E-state index in [2.05, 4.69) is 13.3 Å². The average molecular weight is 437 g/mol. The summed E-state index contributed by atoms with van der Waals surface area (Å²) in [6, 6.07) is 3.39. The van der Waals surface area contributed by atoms with Crippen molar-refractivity contribution >= 4 is 17.6 Å². The average Bonchev–Trinajstić information content (AvgIpc) is 2.60. The van der Waals surface area contributed by atoms with Crippen LogP contribution >= 0.6 is 11.6 Å². The number of hydrogen-bond donors (Lipinski definition) is 0. The standard InChI is InChI=1S/C20H25ClFO2.Rb/c1-13-7-9-15(10-8-13)20(23)24-17-12-11-16(18(21)19(17)22)14-5-3-2-4-6-14;/h2,11-15H,3-10H2,1H3;/q-1;+1. The van der Waals surface area contributed by atoms with Crippen LogP contribution in [0.1, 0.15) is 69.8 Å². The van der Waals surface area contributed by atoms with E-state index in [1.165, 1.54) is 0 Å². The minimum Gasteiger partial charge on any atom is -0.423 e. The third-order valence-corrected chi connectivity index (χ3v) is 5.90. The van der Waals surface area contributed by atoms with Crippen LogP contribution in [0, 0.1) is 24.1 Å². The Hall–Kier alpha value is 0.715. The molecule has 2 nitrogen and oxygen atoms in total. The van der Waals surface area contributed by atoms with E-state index in [0.717, 1.165) is 56.9 Å². The first-order valence-electron chi connectivity index (χ1n) is 9.07. The van der Waals surface area contributed by atoms with Gasteiger partial charge in [0.05, 0.1) is 10.9 Å². The third-order valence-electron chi connectivity index (χ3n) is 5.51. The fourth-order valence-corrected chi connectivity index (χ4v) is 4.18. The van der Waals surface area contributed by atoms with Gasteiger partial charge in [0, 0.05) is 0 Å². The number of halogens is 2. The van der Waals surface area contributed by atoms with Crippen molar-refractivity contribution in [2.24, 2.45) is 11.8 Å². The molecule has 3 rings (SSSR count). The maximum absolute atomic E-state index is 14.6. The smallest absolute Gasteiger partial charge is 0.423 e. The first-order chi connectivity index (χ1) is 11.6. The first kappa shape index (κ1) is 22.0. The number of benzene rings is 1. The van der Waals surface area contributed by atoms with Gasteiger partial charge in [-0.15, -0.1) is 0 Å². The zero-order chi connectivity index (χ0) is 17.1. The maximum Gasteiger partial charge on any atom is 1.00 e. The molecule has 0 atom stereocenters. The van der Waals surface area contributed by atoms with Crippen molar-refractivity contribution in [3.05, 3.63) is 35.0 Å². The Labute approximate surface area is 204 Å². The molecule has 2 aliphatic carbocycles. The van der Waals surface area contributed by atoms with Crippen LogP contribution in [-0.2, 0) is 4.79 Å². The summed E-state index contributed by atoms with van der Waals surface area (Å²) in [7, 11) is 0. The van der Waals surface area contributed by atoms with Gasteiger partial charge in [-0.1, -0.05) is 37.4 Å². The van der Waals surface area contributed by atoms with Gasteiger partial charge in [0.15, 0.2) is 11.6 Å². The van der Waals surface area contributed by atoms with E-state index in [0.29, 0.717) is 11.8 Å². The van der Waals surface area contributed by atoms with Crippen molar-refractivity contribution in [3.63, 3.8) is 0 Å². The summed E-state index contributed by atoms with van der Waals surface area (Å²) in [6.07, 6.45) is 10.1. The Morgan fingerprint density at radius 1 is 1.16 bits per heavy atom. The van der Waals surface area contributed by atoms with Gasteiger partial charge in [0.25, 0.3) is 0 Å². The summed E-state index contributed by atoms with van der Waals surface area (Å²) >= 11 is 6.24. The Balaban J connectivity index is 0.00000225. The molecule has 1 aromatic rings. The predicted octanol–water partition coefficient (Wildman–Crippen LogP) is 3.08. The van der Waals surface area contributed by atoms with Gasteiger partial charge in [0.2, 0.25) is 0 Å². The van der Waals surface area contributed by atoms with Crippen LogP contribution < -0.4 is 62.9 Å². The van der Waals surface area contributed by atoms with Gasteiger partial charge in [-0.05, 0) is 49.1 Å². The Morgan fingerprint density at radius 2 is 1.80 bits per heavy atom. The van der Waals surface area contributed by atoms with Crippen LogP contribution in [0.3, 0.4) is 0 Å². The molecule has 0 aromatic heterocycles. The van der Waals surface area contributed by atoms with Crippen molar-refractivity contribution in [2.45, 2.75) is 64.2 Å². The number of ether oxygens (including phenoxy) is 1. The molecule has 0 amide bonds. The summed E-state index contributed by atoms with van der Waals surface area (Å²) < 4.78 is 19.9. The summed E-state index contributed by atoms with van der Waals surface area (Å²) in [5.41, 5.74) is 0.841. The number of carbonyl (C=O) groups is 1. The molecule has 0 radical (unpaired) electrons. The van der Waals surface area contributed by atoms with Crippen LogP contribution in [0.15, 0.2) is 12.1 Å². The predicted molar refractivity (Wildman–Crippen MR) is 93.7 cm³/mol. The Morgan fingerprint density at radius 3 is 2.44 bits per heavy atom. The zero-order valence-electron chi connectivity index (χ0n) is 15.2.